The van der Waals surface area contributed by atoms with Gasteiger partial charge in [-0.2, -0.15) is 0 Å². The van der Waals surface area contributed by atoms with E-state index in [0.29, 0.717) is 5.92 Å². The van der Waals surface area contributed by atoms with Crippen LogP contribution in [0.3, 0.4) is 0 Å². The molecule has 0 N–H and O–H groups in total. The minimum absolute atomic E-state index is 0.357. The highest BCUT2D eigenvalue weighted by molar-refractivity contribution is 5.86. The molecule has 176 valence electrons. The smallest absolute Gasteiger partial charge is 0.330 e. The second kappa shape index (κ2) is 9.76. The Labute approximate surface area is 202 Å². The van der Waals surface area contributed by atoms with Crippen molar-refractivity contribution in [1.29, 1.82) is 0 Å². The predicted octanol–water partition coefficient (Wildman–Crippen LogP) is 6.33. The van der Waals surface area contributed by atoms with Gasteiger partial charge in [-0.15, -0.1) is 0 Å². The van der Waals surface area contributed by atoms with Crippen LogP contribution in [-0.2, 0) is 21.5 Å². The van der Waals surface area contributed by atoms with Crippen molar-refractivity contribution in [3.05, 3.63) is 101 Å². The van der Waals surface area contributed by atoms with Gasteiger partial charge in [0.2, 0.25) is 0 Å². The van der Waals surface area contributed by atoms with Crippen LogP contribution < -0.4 is 9.64 Å². The van der Waals surface area contributed by atoms with Crippen molar-refractivity contribution in [2.45, 2.75) is 38.6 Å². The molecule has 1 atom stereocenters. The molecule has 0 spiro atoms. The van der Waals surface area contributed by atoms with E-state index in [-0.39, 0.29) is 11.5 Å². The zero-order chi connectivity index (χ0) is 24.3. The number of benzene rings is 3. The Bertz CT molecular complexity index is 1180. The van der Waals surface area contributed by atoms with Gasteiger partial charge in [-0.3, -0.25) is 0 Å². The number of rotatable bonds is 6. The van der Waals surface area contributed by atoms with E-state index in [1.165, 1.54) is 41.1 Å². The number of carbonyl (C=O) groups is 1. The molecule has 0 bridgehead atoms. The summed E-state index contributed by atoms with van der Waals surface area (Å²) in [6, 6.07) is 23.8. The van der Waals surface area contributed by atoms with Crippen molar-refractivity contribution in [3.63, 3.8) is 0 Å². The number of ether oxygens (including phenoxy) is 2. The van der Waals surface area contributed by atoms with Gasteiger partial charge in [-0.25, -0.2) is 4.79 Å². The van der Waals surface area contributed by atoms with E-state index in [9.17, 15) is 4.79 Å². The number of hydrogen-bond acceptors (Lipinski definition) is 4. The van der Waals surface area contributed by atoms with Crippen LogP contribution in [0.1, 0.15) is 54.5 Å². The summed E-state index contributed by atoms with van der Waals surface area (Å²) in [6.07, 6.45) is 4.18. The number of nitrogens with zero attached hydrogens (tertiary/aromatic N) is 1. The van der Waals surface area contributed by atoms with E-state index in [1.54, 1.807) is 13.2 Å². The summed E-state index contributed by atoms with van der Waals surface area (Å²) in [5, 5.41) is 0. The van der Waals surface area contributed by atoms with E-state index >= 15 is 0 Å². The molecule has 1 aliphatic heterocycles. The molecule has 0 saturated heterocycles. The summed E-state index contributed by atoms with van der Waals surface area (Å²) >= 11 is 0. The number of methoxy groups -OCH3 is 2. The standard InChI is InChI=1S/C30H33NO3/c1-21(2)23-9-13-26(14-10-23)31-19-18-24-20-27(33-4)15-16-28(24)30(31,3)25-11-6-22(7-12-25)8-17-29(32)34-5/h6-17,20-21H,18-19H2,1-5H3. The number of anilines is 1. The van der Waals surface area contributed by atoms with Crippen LogP contribution in [0.15, 0.2) is 72.8 Å². The molecular formula is C30H33NO3. The van der Waals surface area contributed by atoms with E-state index in [4.69, 9.17) is 9.47 Å². The topological polar surface area (TPSA) is 38.8 Å². The Morgan fingerprint density at radius 3 is 2.32 bits per heavy atom. The fourth-order valence-electron chi connectivity index (χ4n) is 4.87. The summed E-state index contributed by atoms with van der Waals surface area (Å²) in [5.41, 5.74) is 6.94. The molecule has 0 saturated carbocycles. The highest BCUT2D eigenvalue weighted by atomic mass is 16.5. The third-order valence-corrected chi connectivity index (χ3v) is 6.94. The monoisotopic (exact) mass is 455 g/mol. The van der Waals surface area contributed by atoms with E-state index in [0.717, 1.165) is 24.3 Å². The predicted molar refractivity (Wildman–Crippen MR) is 139 cm³/mol. The average molecular weight is 456 g/mol. The molecule has 4 heteroatoms. The van der Waals surface area contributed by atoms with Crippen LogP contribution in [0.5, 0.6) is 5.75 Å². The molecule has 0 aliphatic carbocycles. The zero-order valence-electron chi connectivity index (χ0n) is 20.7. The minimum Gasteiger partial charge on any atom is -0.497 e. The fraction of sp³-hybridized carbons (Fsp3) is 0.300. The number of esters is 1. The number of fused-ring (bicyclic) bond motifs is 1. The van der Waals surface area contributed by atoms with Crippen LogP contribution in [0, 0.1) is 0 Å². The molecule has 1 heterocycles. The normalized spacial score (nSPS) is 17.6. The summed E-state index contributed by atoms with van der Waals surface area (Å²) in [4.78, 5) is 14.0. The molecule has 0 amide bonds. The van der Waals surface area contributed by atoms with Crippen LogP contribution in [-0.4, -0.2) is 26.7 Å². The molecule has 4 rings (SSSR count). The van der Waals surface area contributed by atoms with Gasteiger partial charge in [0.1, 0.15) is 5.75 Å². The molecule has 4 nitrogen and oxygen atoms in total. The molecular weight excluding hydrogens is 422 g/mol. The SMILES string of the molecule is COC(=O)C=Cc1ccc(C2(C)c3ccc(OC)cc3CCN2c2ccc(C(C)C)cc2)cc1. The van der Waals surface area contributed by atoms with Gasteiger partial charge in [0.25, 0.3) is 0 Å². The van der Waals surface area contributed by atoms with Gasteiger partial charge >= 0.3 is 5.97 Å². The van der Waals surface area contributed by atoms with Crippen LogP contribution in [0.25, 0.3) is 6.08 Å². The third-order valence-electron chi connectivity index (χ3n) is 6.94. The summed E-state index contributed by atoms with van der Waals surface area (Å²) < 4.78 is 10.2. The average Bonchev–Trinajstić information content (AvgIpc) is 2.87. The molecule has 0 fully saturated rings. The Balaban J connectivity index is 1.79. The van der Waals surface area contributed by atoms with Crippen molar-refractivity contribution in [2.24, 2.45) is 0 Å². The Morgan fingerprint density at radius 1 is 1.00 bits per heavy atom. The lowest BCUT2D eigenvalue weighted by molar-refractivity contribution is -0.134. The molecule has 3 aromatic rings. The van der Waals surface area contributed by atoms with Crippen LogP contribution in [0.4, 0.5) is 5.69 Å². The lowest BCUT2D eigenvalue weighted by Gasteiger charge is -2.48. The van der Waals surface area contributed by atoms with Gasteiger partial charge in [0.05, 0.1) is 19.8 Å². The molecule has 3 aromatic carbocycles. The summed E-state index contributed by atoms with van der Waals surface area (Å²) in [7, 11) is 3.10. The third kappa shape index (κ3) is 4.45. The first-order chi connectivity index (χ1) is 16.4. The maximum atomic E-state index is 11.5. The van der Waals surface area contributed by atoms with E-state index in [2.05, 4.69) is 92.4 Å². The second-order valence-corrected chi connectivity index (χ2v) is 9.22. The highest BCUT2D eigenvalue weighted by Crippen LogP contribution is 2.44. The first-order valence-corrected chi connectivity index (χ1v) is 11.8. The van der Waals surface area contributed by atoms with Crippen molar-refractivity contribution in [3.8, 4) is 5.75 Å². The second-order valence-electron chi connectivity index (χ2n) is 9.22. The van der Waals surface area contributed by atoms with Gasteiger partial charge in [-0.05, 0) is 77.4 Å². The first-order valence-electron chi connectivity index (χ1n) is 11.8. The largest absolute Gasteiger partial charge is 0.497 e. The van der Waals surface area contributed by atoms with Gasteiger partial charge < -0.3 is 14.4 Å². The van der Waals surface area contributed by atoms with E-state index in [1.807, 2.05) is 0 Å². The first kappa shape index (κ1) is 23.6. The van der Waals surface area contributed by atoms with Gasteiger partial charge in [-0.1, -0.05) is 56.3 Å². The minimum atomic E-state index is -0.359. The molecule has 1 unspecified atom stereocenters. The lowest BCUT2D eigenvalue weighted by Crippen LogP contribution is -2.49. The number of hydrogen-bond donors (Lipinski definition) is 0. The van der Waals surface area contributed by atoms with E-state index < -0.39 is 0 Å². The van der Waals surface area contributed by atoms with Crippen LogP contribution in [0.2, 0.25) is 0 Å². The fourth-order valence-corrected chi connectivity index (χ4v) is 4.87. The highest BCUT2D eigenvalue weighted by Gasteiger charge is 2.40. The Hall–Kier alpha value is -3.53. The molecule has 1 aliphatic rings. The Morgan fingerprint density at radius 2 is 1.71 bits per heavy atom. The quantitative estimate of drug-likeness (QED) is 0.322. The lowest BCUT2D eigenvalue weighted by atomic mass is 9.76. The summed E-state index contributed by atoms with van der Waals surface area (Å²) in [6.45, 7) is 7.65. The van der Waals surface area contributed by atoms with Crippen molar-refractivity contribution >= 4 is 17.7 Å². The maximum absolute atomic E-state index is 11.5. The van der Waals surface area contributed by atoms with Crippen molar-refractivity contribution in [1.82, 2.24) is 0 Å². The molecule has 0 radical (unpaired) electrons. The zero-order valence-corrected chi connectivity index (χ0v) is 20.7. The molecule has 0 aromatic heterocycles. The van der Waals surface area contributed by atoms with Crippen LogP contribution >= 0.6 is 0 Å². The van der Waals surface area contributed by atoms with Gasteiger partial charge in [0, 0.05) is 18.3 Å². The maximum Gasteiger partial charge on any atom is 0.330 e. The van der Waals surface area contributed by atoms with Gasteiger partial charge in [0.15, 0.2) is 0 Å². The Kier molecular flexibility index (Phi) is 6.78. The van der Waals surface area contributed by atoms with Crippen molar-refractivity contribution < 1.29 is 14.3 Å². The summed E-state index contributed by atoms with van der Waals surface area (Å²) in [5.74, 6) is 1.03. The molecule has 34 heavy (non-hydrogen) atoms. The van der Waals surface area contributed by atoms with Crippen molar-refractivity contribution in [2.75, 3.05) is 25.7 Å². The number of carbonyl (C=O) groups excluding carboxylic acids is 1.